The van der Waals surface area contributed by atoms with Crippen LogP contribution in [-0.2, 0) is 6.54 Å². The number of halogens is 3. The Bertz CT molecular complexity index is 1510. The Morgan fingerprint density at radius 2 is 1.55 bits per heavy atom. The summed E-state index contributed by atoms with van der Waals surface area (Å²) in [5.74, 6) is 1.26. The number of likely N-dealkylation sites (tertiary alicyclic amines) is 1. The fourth-order valence-corrected chi connectivity index (χ4v) is 4.88. The van der Waals surface area contributed by atoms with Gasteiger partial charge in [-0.1, -0.05) is 24.3 Å². The quantitative estimate of drug-likeness (QED) is 0.160. The van der Waals surface area contributed by atoms with Gasteiger partial charge >= 0.3 is 0 Å². The molecule has 0 unspecified atom stereocenters. The number of nitrogens with zero attached hydrogens (tertiary/aromatic N) is 3. The van der Waals surface area contributed by atoms with E-state index in [1.165, 1.54) is 0 Å². The lowest BCUT2D eigenvalue weighted by Crippen LogP contribution is -2.40. The summed E-state index contributed by atoms with van der Waals surface area (Å²) >= 11 is 0. The van der Waals surface area contributed by atoms with E-state index in [1.54, 1.807) is 29.4 Å². The fourth-order valence-electron chi connectivity index (χ4n) is 4.88. The van der Waals surface area contributed by atoms with Crippen LogP contribution in [0.1, 0.15) is 41.3 Å². The van der Waals surface area contributed by atoms with Crippen molar-refractivity contribution in [1.82, 2.24) is 9.88 Å². The lowest BCUT2D eigenvalue weighted by Gasteiger charge is -2.33. The van der Waals surface area contributed by atoms with Gasteiger partial charge in [0.05, 0.1) is 12.4 Å². The molecule has 1 fully saturated rings. The second-order valence-electron chi connectivity index (χ2n) is 9.82. The summed E-state index contributed by atoms with van der Waals surface area (Å²) in [5, 5.41) is 17.6. The van der Waals surface area contributed by atoms with Crippen LogP contribution in [0.4, 0.5) is 5.69 Å². The van der Waals surface area contributed by atoms with Gasteiger partial charge < -0.3 is 20.3 Å². The molecule has 1 aliphatic heterocycles. The van der Waals surface area contributed by atoms with Crippen molar-refractivity contribution in [2.75, 3.05) is 18.0 Å². The van der Waals surface area contributed by atoms with Crippen molar-refractivity contribution in [2.24, 2.45) is 5.73 Å². The molecule has 0 atom stereocenters. The van der Waals surface area contributed by atoms with Gasteiger partial charge in [0.25, 0.3) is 5.91 Å². The largest absolute Gasteiger partial charge is 0.490 e. The number of amidine groups is 2. The second-order valence-corrected chi connectivity index (χ2v) is 9.82. The Labute approximate surface area is 264 Å². The number of nitrogens with one attached hydrogen (secondary N) is 2. The van der Waals surface area contributed by atoms with E-state index in [9.17, 15) is 4.79 Å². The molecule has 0 saturated carbocycles. The number of hydrogen-bond acceptors (Lipinski definition) is 5. The molecular formula is C31H35Cl3N6O2. The SMILES string of the molecule is CC(=N)N1CCC(Oc2ccc(N(Cc3ccc4ccc(C(=N)N)cc4c3)C(=O)c3ccncc3)cc2)CC1.Cl.Cl.Cl. The number of ether oxygens (including phenoxy) is 1. The molecule has 1 amide bonds. The molecule has 4 N–H and O–H groups in total. The number of anilines is 1. The monoisotopic (exact) mass is 628 g/mol. The Kier molecular flexibility index (Phi) is 12.6. The van der Waals surface area contributed by atoms with E-state index < -0.39 is 0 Å². The molecule has 1 aromatic heterocycles. The highest BCUT2D eigenvalue weighted by Gasteiger charge is 2.22. The number of nitrogen functional groups attached to an aromatic ring is 1. The van der Waals surface area contributed by atoms with Crippen molar-refractivity contribution < 1.29 is 9.53 Å². The zero-order chi connectivity index (χ0) is 27.4. The number of pyridine rings is 1. The molecule has 8 nitrogen and oxygen atoms in total. The first-order valence-corrected chi connectivity index (χ1v) is 13.0. The Morgan fingerprint density at radius 1 is 0.905 bits per heavy atom. The van der Waals surface area contributed by atoms with E-state index in [0.717, 1.165) is 53.7 Å². The van der Waals surface area contributed by atoms with E-state index in [0.29, 0.717) is 23.5 Å². The third-order valence-electron chi connectivity index (χ3n) is 7.10. The summed E-state index contributed by atoms with van der Waals surface area (Å²) in [6.45, 7) is 3.83. The summed E-state index contributed by atoms with van der Waals surface area (Å²) in [5.41, 5.74) is 8.63. The van der Waals surface area contributed by atoms with Crippen molar-refractivity contribution in [1.29, 1.82) is 10.8 Å². The molecule has 3 aromatic carbocycles. The molecule has 1 aliphatic rings. The van der Waals surface area contributed by atoms with E-state index in [4.69, 9.17) is 21.3 Å². The van der Waals surface area contributed by atoms with Crippen molar-refractivity contribution in [3.8, 4) is 5.75 Å². The predicted molar refractivity (Wildman–Crippen MR) is 177 cm³/mol. The number of piperidine rings is 1. The first-order valence-electron chi connectivity index (χ1n) is 13.0. The third-order valence-corrected chi connectivity index (χ3v) is 7.10. The van der Waals surface area contributed by atoms with Gasteiger partial charge in [0.15, 0.2) is 0 Å². The number of rotatable bonds is 7. The second kappa shape index (κ2) is 15.4. The van der Waals surface area contributed by atoms with E-state index in [1.807, 2.05) is 67.6 Å². The van der Waals surface area contributed by atoms with Crippen LogP contribution in [0, 0.1) is 10.8 Å². The molecule has 42 heavy (non-hydrogen) atoms. The highest BCUT2D eigenvalue weighted by atomic mass is 35.5. The maximum atomic E-state index is 13.6. The van der Waals surface area contributed by atoms with Crippen molar-refractivity contribution in [3.05, 3.63) is 102 Å². The van der Waals surface area contributed by atoms with Gasteiger partial charge in [-0.25, -0.2) is 0 Å². The topological polar surface area (TPSA) is 119 Å². The number of aromatic nitrogens is 1. The van der Waals surface area contributed by atoms with Crippen molar-refractivity contribution >= 4 is 71.3 Å². The third kappa shape index (κ3) is 8.12. The minimum atomic E-state index is -0.127. The van der Waals surface area contributed by atoms with Crippen LogP contribution in [0.2, 0.25) is 0 Å². The van der Waals surface area contributed by atoms with Gasteiger partial charge in [-0.15, -0.1) is 37.2 Å². The van der Waals surface area contributed by atoms with Crippen LogP contribution in [0.25, 0.3) is 10.8 Å². The summed E-state index contributed by atoms with van der Waals surface area (Å²) in [7, 11) is 0. The van der Waals surface area contributed by atoms with E-state index >= 15 is 0 Å². The first kappa shape index (κ1) is 34.4. The average molecular weight is 630 g/mol. The van der Waals surface area contributed by atoms with Crippen LogP contribution >= 0.6 is 37.2 Å². The van der Waals surface area contributed by atoms with E-state index in [-0.39, 0.29) is 55.1 Å². The number of carbonyl (C=O) groups excluding carboxylic acids is 1. The minimum absolute atomic E-state index is 0. The van der Waals surface area contributed by atoms with Crippen LogP contribution in [-0.4, -0.2) is 46.7 Å². The number of amides is 1. The maximum Gasteiger partial charge on any atom is 0.258 e. The normalized spacial score (nSPS) is 12.7. The molecule has 0 bridgehead atoms. The zero-order valence-electron chi connectivity index (χ0n) is 23.2. The summed E-state index contributed by atoms with van der Waals surface area (Å²) in [4.78, 5) is 21.5. The minimum Gasteiger partial charge on any atom is -0.490 e. The lowest BCUT2D eigenvalue weighted by molar-refractivity contribution is 0.0984. The summed E-state index contributed by atoms with van der Waals surface area (Å²) in [6, 6.07) is 22.9. The molecule has 11 heteroatoms. The lowest BCUT2D eigenvalue weighted by atomic mass is 10.0. The van der Waals surface area contributed by atoms with Gasteiger partial charge in [-0.2, -0.15) is 0 Å². The van der Waals surface area contributed by atoms with Crippen molar-refractivity contribution in [2.45, 2.75) is 32.4 Å². The Balaban J connectivity index is 0.00000205. The fraction of sp³-hybridized carbons (Fsp3) is 0.226. The predicted octanol–water partition coefficient (Wildman–Crippen LogP) is 6.47. The first-order chi connectivity index (χ1) is 18.9. The zero-order valence-corrected chi connectivity index (χ0v) is 25.6. The summed E-state index contributed by atoms with van der Waals surface area (Å²) < 4.78 is 6.22. The smallest absolute Gasteiger partial charge is 0.258 e. The Hall–Kier alpha value is -3.85. The van der Waals surface area contributed by atoms with Crippen LogP contribution < -0.4 is 15.4 Å². The Morgan fingerprint density at radius 3 is 2.17 bits per heavy atom. The molecule has 0 radical (unpaired) electrons. The molecule has 222 valence electrons. The highest BCUT2D eigenvalue weighted by molar-refractivity contribution is 6.06. The molecular weight excluding hydrogens is 595 g/mol. The number of carbonyl (C=O) groups is 1. The number of nitrogens with two attached hydrogens (primary N) is 1. The number of fused-ring (bicyclic) bond motifs is 1. The standard InChI is InChI=1S/C31H32N6O2.3ClH/c1-21(32)36-16-12-29(13-17-36)39-28-8-6-27(7-9-28)37(31(38)24-10-14-35-15-11-24)20-22-2-3-23-4-5-25(30(33)34)19-26(23)18-22;;;/h2-11,14-15,18-19,29,32H,12-13,16-17,20H2,1H3,(H3,33,34);3*1H. The number of hydrogen-bond donors (Lipinski definition) is 3. The number of benzene rings is 3. The van der Waals surface area contributed by atoms with Gasteiger partial charge in [0.2, 0.25) is 0 Å². The maximum absolute atomic E-state index is 13.6. The molecule has 0 spiro atoms. The van der Waals surface area contributed by atoms with E-state index in [2.05, 4.69) is 9.88 Å². The van der Waals surface area contributed by atoms with Gasteiger partial charge in [0, 0.05) is 55.1 Å². The van der Waals surface area contributed by atoms with Crippen LogP contribution in [0.5, 0.6) is 5.75 Å². The molecule has 5 rings (SSSR count). The highest BCUT2D eigenvalue weighted by Crippen LogP contribution is 2.27. The van der Waals surface area contributed by atoms with Crippen molar-refractivity contribution in [3.63, 3.8) is 0 Å². The van der Waals surface area contributed by atoms with Gasteiger partial charge in [-0.05, 0) is 71.8 Å². The summed E-state index contributed by atoms with van der Waals surface area (Å²) in [6.07, 6.45) is 5.09. The molecule has 1 saturated heterocycles. The van der Waals surface area contributed by atoms with Crippen LogP contribution in [0.3, 0.4) is 0 Å². The molecule has 0 aliphatic carbocycles. The average Bonchev–Trinajstić information content (AvgIpc) is 2.96. The molecule has 4 aromatic rings. The molecule has 2 heterocycles. The van der Waals surface area contributed by atoms with Crippen LogP contribution in [0.15, 0.2) is 85.2 Å². The van der Waals surface area contributed by atoms with Gasteiger partial charge in [0.1, 0.15) is 17.7 Å². The van der Waals surface area contributed by atoms with Gasteiger partial charge in [-0.3, -0.25) is 20.6 Å².